The van der Waals surface area contributed by atoms with Gasteiger partial charge in [0, 0.05) is 33.5 Å². The van der Waals surface area contributed by atoms with Crippen LogP contribution in [0.5, 0.6) is 17.2 Å². The molecular formula is C64H63N7O14S2. The lowest BCUT2D eigenvalue weighted by Gasteiger charge is -2.36. The second kappa shape index (κ2) is 26.5. The number of aryl methyl sites for hydroxylation is 1. The number of ketones is 1. The molecule has 0 aliphatic carbocycles. The number of nitrogens with one attached hydrogen (secondary N) is 1. The molecule has 1 heterocycles. The van der Waals surface area contributed by atoms with E-state index in [2.05, 4.69) is 25.8 Å². The predicted molar refractivity (Wildman–Crippen MR) is 328 cm³/mol. The fraction of sp³-hybridized carbons (Fsp3) is 0.250. The van der Waals surface area contributed by atoms with Crippen LogP contribution in [0.2, 0.25) is 0 Å². The third-order valence-electron chi connectivity index (χ3n) is 15.2. The van der Waals surface area contributed by atoms with Gasteiger partial charge in [0.15, 0.2) is 18.1 Å². The van der Waals surface area contributed by atoms with Gasteiger partial charge in [0.25, 0.3) is 32.1 Å². The summed E-state index contributed by atoms with van der Waals surface area (Å²) in [5, 5.41) is 20.9. The number of amides is 2. The second-order valence-electron chi connectivity index (χ2n) is 21.3. The summed E-state index contributed by atoms with van der Waals surface area (Å²) < 4.78 is 93.6. The zero-order valence-electron chi connectivity index (χ0n) is 48.2. The molecule has 450 valence electrons. The fourth-order valence-corrected chi connectivity index (χ4v) is 11.5. The second-order valence-corrected chi connectivity index (χ2v) is 24.0. The summed E-state index contributed by atoms with van der Waals surface area (Å²) >= 11 is 0. The fourth-order valence-electron chi connectivity index (χ4n) is 10.0. The minimum atomic E-state index is -4.83. The van der Waals surface area contributed by atoms with Crippen molar-refractivity contribution in [1.29, 1.82) is 0 Å². The summed E-state index contributed by atoms with van der Waals surface area (Å²) in [6.45, 7) is 4.91. The SMILES string of the molecule is CCC(C)(C)C(=O)C(=O)N1CCCCC1C(=O)OC(CCc1ccc(OC)c(OC)c1)c1cccc(OCC(=O)Nc2c(/N=N/c3ccc(-c4ccc(/N=N/c5cc(S(=O)(=O)O)c6ccccc6c5N)cc4)cc3)cc(S(=O)(=O)O)c3ccccc23)c1. The number of azo groups is 2. The van der Waals surface area contributed by atoms with Crippen LogP contribution in [0.15, 0.2) is 182 Å². The van der Waals surface area contributed by atoms with E-state index in [0.29, 0.717) is 65.9 Å². The van der Waals surface area contributed by atoms with Crippen molar-refractivity contribution in [1.82, 2.24) is 4.90 Å². The quantitative estimate of drug-likeness (QED) is 0.0161. The van der Waals surface area contributed by atoms with Gasteiger partial charge in [-0.2, -0.15) is 27.1 Å². The van der Waals surface area contributed by atoms with E-state index in [0.717, 1.165) is 28.8 Å². The van der Waals surface area contributed by atoms with E-state index in [1.165, 1.54) is 31.3 Å². The smallest absolute Gasteiger partial charge is 0.329 e. The van der Waals surface area contributed by atoms with Crippen LogP contribution in [0.4, 0.5) is 34.1 Å². The molecule has 2 unspecified atom stereocenters. The number of carbonyl (C=O) groups is 4. The number of esters is 1. The zero-order valence-corrected chi connectivity index (χ0v) is 49.8. The minimum Gasteiger partial charge on any atom is -0.493 e. The van der Waals surface area contributed by atoms with Crippen LogP contribution < -0.4 is 25.3 Å². The maximum absolute atomic E-state index is 14.3. The number of nitrogens with zero attached hydrogens (tertiary/aromatic N) is 5. The maximum atomic E-state index is 14.3. The van der Waals surface area contributed by atoms with Crippen molar-refractivity contribution < 1.29 is 64.1 Å². The normalized spacial score (nSPS) is 14.3. The molecule has 8 aromatic carbocycles. The van der Waals surface area contributed by atoms with Gasteiger partial charge in [-0.25, -0.2) is 4.79 Å². The monoisotopic (exact) mass is 1220 g/mol. The molecule has 1 aliphatic rings. The van der Waals surface area contributed by atoms with Gasteiger partial charge in [-0.15, -0.1) is 10.2 Å². The molecule has 0 spiro atoms. The van der Waals surface area contributed by atoms with Crippen molar-refractivity contribution in [2.75, 3.05) is 38.4 Å². The summed E-state index contributed by atoms with van der Waals surface area (Å²) in [5.74, 6) is -1.36. The average Bonchev–Trinajstić information content (AvgIpc) is 1.01. The number of hydrogen-bond acceptors (Lipinski definition) is 17. The van der Waals surface area contributed by atoms with E-state index in [1.807, 2.05) is 19.1 Å². The van der Waals surface area contributed by atoms with E-state index in [1.54, 1.807) is 129 Å². The minimum absolute atomic E-state index is 0.0511. The summed E-state index contributed by atoms with van der Waals surface area (Å²) in [5.41, 5.74) is 9.26. The maximum Gasteiger partial charge on any atom is 0.329 e. The molecule has 2 atom stereocenters. The Kier molecular flexibility index (Phi) is 18.9. The molecule has 1 fully saturated rings. The third-order valence-corrected chi connectivity index (χ3v) is 17.0. The van der Waals surface area contributed by atoms with Gasteiger partial charge in [-0.3, -0.25) is 23.5 Å². The highest BCUT2D eigenvalue weighted by Gasteiger charge is 2.41. The molecule has 8 aromatic rings. The number of nitrogens with two attached hydrogens (primary N) is 1. The number of benzene rings is 8. The topological polar surface area (TPSA) is 305 Å². The summed E-state index contributed by atoms with van der Waals surface area (Å²) in [6.07, 6.45) is 1.80. The average molecular weight is 1220 g/mol. The number of anilines is 2. The van der Waals surface area contributed by atoms with Crippen molar-refractivity contribution in [2.24, 2.45) is 25.9 Å². The molecule has 1 saturated heterocycles. The largest absolute Gasteiger partial charge is 0.493 e. The Morgan fingerprint density at radius 2 is 1.25 bits per heavy atom. The molecule has 0 saturated carbocycles. The molecule has 87 heavy (non-hydrogen) atoms. The lowest BCUT2D eigenvalue weighted by Crippen LogP contribution is -2.53. The number of carbonyl (C=O) groups excluding carboxylic acids is 4. The lowest BCUT2D eigenvalue weighted by atomic mass is 9.84. The van der Waals surface area contributed by atoms with Crippen molar-refractivity contribution in [3.05, 3.63) is 163 Å². The summed E-state index contributed by atoms with van der Waals surface area (Å²) in [7, 11) is -6.38. The number of nitrogen functional groups attached to an aromatic ring is 1. The number of Topliss-reactive ketones (excluding diaryl/α,β-unsaturated/α-hetero) is 1. The number of fused-ring (bicyclic) bond motifs is 2. The number of likely N-dealkylation sites (tertiary alicyclic amines) is 1. The van der Waals surface area contributed by atoms with Gasteiger partial charge in [0.1, 0.15) is 39.1 Å². The van der Waals surface area contributed by atoms with Crippen molar-refractivity contribution in [3.8, 4) is 28.4 Å². The van der Waals surface area contributed by atoms with Crippen LogP contribution in [-0.4, -0.2) is 87.8 Å². The third kappa shape index (κ3) is 14.5. The molecule has 0 bridgehead atoms. The molecule has 0 radical (unpaired) electrons. The standard InChI is InChI=1S/C64H63N7O14S2/c1-6-64(2,3)61(73)62(74)71-33-12-11-20-52(71)63(75)85-53(31-21-39-22-32-54(82-4)55(34-39)83-5)42-14-13-15-45(35-42)84-38-58(72)66-60-49-19-10-8-17-47(49)57(87(79,80)81)37-51(60)70-68-44-29-25-41(26-30-44)40-23-27-43(28-24-40)67-69-50-36-56(86(76,77)78)46-16-7-9-18-48(46)59(50)65/h7-10,13-19,22-30,32,34-37,52-53H,6,11-12,20-21,31,33,38,65H2,1-5H3,(H,66,72)(H,76,77,78)(H,79,80,81)/b69-67+,70-68+. The predicted octanol–water partition coefficient (Wildman–Crippen LogP) is 13.2. The molecule has 23 heteroatoms. The van der Waals surface area contributed by atoms with Crippen LogP contribution in [0.25, 0.3) is 32.7 Å². The van der Waals surface area contributed by atoms with E-state index in [9.17, 15) is 45.1 Å². The molecule has 21 nitrogen and oxygen atoms in total. The van der Waals surface area contributed by atoms with Gasteiger partial charge >= 0.3 is 5.97 Å². The molecular weight excluding hydrogens is 1150 g/mol. The summed E-state index contributed by atoms with van der Waals surface area (Å²) in [6, 6.07) is 39.9. The number of ether oxygens (including phenoxy) is 4. The lowest BCUT2D eigenvalue weighted by molar-refractivity contribution is -0.164. The Labute approximate surface area is 502 Å². The van der Waals surface area contributed by atoms with Gasteiger partial charge in [-0.05, 0) is 121 Å². The number of piperidine rings is 1. The van der Waals surface area contributed by atoms with E-state index in [-0.39, 0.29) is 62.5 Å². The van der Waals surface area contributed by atoms with Crippen LogP contribution in [0, 0.1) is 5.41 Å². The van der Waals surface area contributed by atoms with Crippen molar-refractivity contribution >= 4 is 99.5 Å². The molecule has 0 aromatic heterocycles. The highest BCUT2D eigenvalue weighted by Crippen LogP contribution is 2.41. The van der Waals surface area contributed by atoms with E-state index >= 15 is 0 Å². The molecule has 2 amide bonds. The Bertz CT molecular complexity index is 4230. The summed E-state index contributed by atoms with van der Waals surface area (Å²) in [4.78, 5) is 55.9. The molecule has 9 rings (SSSR count). The number of methoxy groups -OCH3 is 2. The molecule has 1 aliphatic heterocycles. The number of hydrogen-bond donors (Lipinski definition) is 4. The Morgan fingerprint density at radius 1 is 0.678 bits per heavy atom. The Balaban J connectivity index is 0.926. The van der Waals surface area contributed by atoms with Crippen LogP contribution in [0.3, 0.4) is 0 Å². The van der Waals surface area contributed by atoms with Gasteiger partial charge in [0.05, 0.1) is 37.0 Å². The van der Waals surface area contributed by atoms with Crippen molar-refractivity contribution in [3.63, 3.8) is 0 Å². The highest BCUT2D eigenvalue weighted by molar-refractivity contribution is 7.86. The van der Waals surface area contributed by atoms with Crippen LogP contribution >= 0.6 is 0 Å². The first-order valence-electron chi connectivity index (χ1n) is 27.7. The first-order valence-corrected chi connectivity index (χ1v) is 30.6. The Hall–Kier alpha value is -9.42. The first kappa shape index (κ1) is 62.1. The Morgan fingerprint density at radius 3 is 1.85 bits per heavy atom. The van der Waals surface area contributed by atoms with E-state index < -0.39 is 72.9 Å². The van der Waals surface area contributed by atoms with Crippen LogP contribution in [0.1, 0.15) is 70.1 Å². The van der Waals surface area contributed by atoms with Crippen molar-refractivity contribution in [2.45, 2.75) is 81.2 Å². The zero-order chi connectivity index (χ0) is 62.2. The van der Waals surface area contributed by atoms with Gasteiger partial charge in [-0.1, -0.05) is 112 Å². The highest BCUT2D eigenvalue weighted by atomic mass is 32.2. The van der Waals surface area contributed by atoms with Gasteiger partial charge < -0.3 is 34.9 Å². The van der Waals surface area contributed by atoms with E-state index in [4.69, 9.17) is 24.7 Å². The number of rotatable bonds is 22. The first-order chi connectivity index (χ1) is 41.6. The van der Waals surface area contributed by atoms with Gasteiger partial charge in [0.2, 0.25) is 5.78 Å². The molecule has 5 N–H and O–H groups in total. The van der Waals surface area contributed by atoms with Crippen LogP contribution in [-0.2, 0) is 50.6 Å².